The Bertz CT molecular complexity index is 630. The maximum Gasteiger partial charge on any atom is 0.359 e. The first-order valence-electron chi connectivity index (χ1n) is 5.25. The third kappa shape index (κ3) is 1.71. The smallest absolute Gasteiger partial charge is 0.359 e. The number of hydrogen-bond donors (Lipinski definition) is 0. The monoisotopic (exact) mass is 248 g/mol. The molecule has 6 nitrogen and oxygen atoms in total. The first-order valence-corrected chi connectivity index (χ1v) is 5.25. The van der Waals surface area contributed by atoms with Gasteiger partial charge in [-0.25, -0.2) is 14.1 Å². The molecule has 0 bridgehead atoms. The lowest BCUT2D eigenvalue weighted by molar-refractivity contribution is 0.0553. The normalized spacial score (nSPS) is 10.4. The van der Waals surface area contributed by atoms with Crippen LogP contribution in [0.5, 0.6) is 0 Å². The maximum atomic E-state index is 11.8. The van der Waals surface area contributed by atoms with Crippen molar-refractivity contribution in [3.05, 3.63) is 35.2 Å². The molecule has 2 heterocycles. The Morgan fingerprint density at radius 3 is 2.44 bits per heavy atom. The second kappa shape index (κ2) is 4.48. The van der Waals surface area contributed by atoms with E-state index in [0.717, 1.165) is 5.69 Å². The minimum atomic E-state index is -0.668. The number of methoxy groups -OCH3 is 2. The quantitative estimate of drug-likeness (QED) is 0.747. The highest BCUT2D eigenvalue weighted by molar-refractivity contribution is 6.07. The van der Waals surface area contributed by atoms with Gasteiger partial charge < -0.3 is 9.47 Å². The van der Waals surface area contributed by atoms with Crippen LogP contribution in [-0.2, 0) is 9.47 Å². The second-order valence-corrected chi connectivity index (χ2v) is 3.67. The summed E-state index contributed by atoms with van der Waals surface area (Å²) in [5.74, 6) is -1.28. The Labute approximate surface area is 103 Å². The number of nitrogens with zero attached hydrogens (tertiary/aromatic N) is 2. The predicted octanol–water partition coefficient (Wildman–Crippen LogP) is 1.22. The molecule has 2 rings (SSSR count). The molecule has 0 radical (unpaired) electrons. The van der Waals surface area contributed by atoms with Gasteiger partial charge in [-0.3, -0.25) is 0 Å². The minimum absolute atomic E-state index is 0.0429. The molecule has 0 aliphatic carbocycles. The van der Waals surface area contributed by atoms with E-state index in [2.05, 4.69) is 14.6 Å². The highest BCUT2D eigenvalue weighted by Crippen LogP contribution is 2.19. The van der Waals surface area contributed by atoms with E-state index in [9.17, 15) is 9.59 Å². The minimum Gasteiger partial charge on any atom is -0.465 e. The Balaban J connectivity index is 2.80. The zero-order chi connectivity index (χ0) is 13.3. The van der Waals surface area contributed by atoms with Crippen LogP contribution in [0.4, 0.5) is 0 Å². The summed E-state index contributed by atoms with van der Waals surface area (Å²) < 4.78 is 10.8. The second-order valence-electron chi connectivity index (χ2n) is 3.67. The predicted molar refractivity (Wildman–Crippen MR) is 62.6 cm³/mol. The topological polar surface area (TPSA) is 69.9 Å². The van der Waals surface area contributed by atoms with Gasteiger partial charge in [0.05, 0.1) is 19.7 Å². The SMILES string of the molecule is COC(=O)c1nn2c(C)cccc2c1C(=O)OC. The average molecular weight is 248 g/mol. The summed E-state index contributed by atoms with van der Waals surface area (Å²) in [6.45, 7) is 1.82. The van der Waals surface area contributed by atoms with Crippen LogP contribution in [0.15, 0.2) is 18.2 Å². The van der Waals surface area contributed by atoms with Crippen molar-refractivity contribution in [1.29, 1.82) is 0 Å². The molecular formula is C12H12N2O4. The highest BCUT2D eigenvalue weighted by Gasteiger charge is 2.26. The summed E-state index contributed by atoms with van der Waals surface area (Å²) in [5, 5.41) is 4.09. The van der Waals surface area contributed by atoms with Gasteiger partial charge in [0.15, 0.2) is 5.69 Å². The van der Waals surface area contributed by atoms with Crippen LogP contribution in [0.25, 0.3) is 5.52 Å². The van der Waals surface area contributed by atoms with Gasteiger partial charge in [0.1, 0.15) is 5.56 Å². The van der Waals surface area contributed by atoms with Crippen LogP contribution in [-0.4, -0.2) is 35.8 Å². The number of esters is 2. The fraction of sp³-hybridized carbons (Fsp3) is 0.250. The summed E-state index contributed by atoms with van der Waals surface area (Å²) >= 11 is 0. The van der Waals surface area contributed by atoms with Gasteiger partial charge in [-0.1, -0.05) is 6.07 Å². The standard InChI is InChI=1S/C12H12N2O4/c1-7-5-4-6-8-9(11(15)17-2)10(12(16)18-3)13-14(7)8/h4-6H,1-3H3. The molecule has 0 saturated carbocycles. The number of pyridine rings is 1. The number of rotatable bonds is 2. The van der Waals surface area contributed by atoms with Gasteiger partial charge in [-0.2, -0.15) is 5.10 Å². The number of hydrogen-bond acceptors (Lipinski definition) is 5. The van der Waals surface area contributed by atoms with Crippen molar-refractivity contribution < 1.29 is 19.1 Å². The molecule has 0 spiro atoms. The van der Waals surface area contributed by atoms with E-state index in [0.29, 0.717) is 5.52 Å². The Hall–Kier alpha value is -2.37. The number of fused-ring (bicyclic) bond motifs is 1. The Morgan fingerprint density at radius 1 is 1.17 bits per heavy atom. The summed E-state index contributed by atoms with van der Waals surface area (Å²) in [7, 11) is 2.49. The third-order valence-electron chi connectivity index (χ3n) is 2.62. The van der Waals surface area contributed by atoms with Crippen molar-refractivity contribution >= 4 is 17.5 Å². The van der Waals surface area contributed by atoms with E-state index in [-0.39, 0.29) is 11.3 Å². The summed E-state index contributed by atoms with van der Waals surface area (Å²) in [4.78, 5) is 23.4. The largest absolute Gasteiger partial charge is 0.465 e. The zero-order valence-corrected chi connectivity index (χ0v) is 10.3. The lowest BCUT2D eigenvalue weighted by Crippen LogP contribution is -2.10. The van der Waals surface area contributed by atoms with Crippen molar-refractivity contribution in [2.45, 2.75) is 6.92 Å². The van der Waals surface area contributed by atoms with Gasteiger partial charge in [0.25, 0.3) is 0 Å². The summed E-state index contributed by atoms with van der Waals surface area (Å²) in [6.07, 6.45) is 0. The van der Waals surface area contributed by atoms with Crippen molar-refractivity contribution in [3.63, 3.8) is 0 Å². The lowest BCUT2D eigenvalue weighted by Gasteiger charge is -2.00. The van der Waals surface area contributed by atoms with Crippen LogP contribution in [0.1, 0.15) is 26.5 Å². The molecule has 0 fully saturated rings. The Kier molecular flexibility index (Phi) is 3.01. The van der Waals surface area contributed by atoms with E-state index >= 15 is 0 Å². The number of ether oxygens (including phenoxy) is 2. The molecule has 2 aromatic rings. The van der Waals surface area contributed by atoms with Crippen molar-refractivity contribution in [2.24, 2.45) is 0 Å². The zero-order valence-electron chi connectivity index (χ0n) is 10.3. The fourth-order valence-electron chi connectivity index (χ4n) is 1.75. The van der Waals surface area contributed by atoms with Crippen LogP contribution >= 0.6 is 0 Å². The molecule has 94 valence electrons. The van der Waals surface area contributed by atoms with Gasteiger partial charge in [-0.05, 0) is 19.1 Å². The van der Waals surface area contributed by atoms with Crippen LogP contribution in [0.2, 0.25) is 0 Å². The van der Waals surface area contributed by atoms with Crippen molar-refractivity contribution in [1.82, 2.24) is 9.61 Å². The fourth-order valence-corrected chi connectivity index (χ4v) is 1.75. The molecule has 0 amide bonds. The molecule has 0 aromatic carbocycles. The molecule has 18 heavy (non-hydrogen) atoms. The van der Waals surface area contributed by atoms with Crippen LogP contribution in [0, 0.1) is 6.92 Å². The molecular weight excluding hydrogens is 236 g/mol. The van der Waals surface area contributed by atoms with E-state index in [1.165, 1.54) is 18.7 Å². The number of carbonyl (C=O) groups is 2. The van der Waals surface area contributed by atoms with E-state index in [1.807, 2.05) is 13.0 Å². The number of aromatic nitrogens is 2. The molecule has 0 unspecified atom stereocenters. The molecule has 0 aliphatic rings. The lowest BCUT2D eigenvalue weighted by atomic mass is 10.2. The van der Waals surface area contributed by atoms with E-state index in [1.54, 1.807) is 12.1 Å². The molecule has 0 aliphatic heterocycles. The van der Waals surface area contributed by atoms with Crippen molar-refractivity contribution in [3.8, 4) is 0 Å². The van der Waals surface area contributed by atoms with E-state index < -0.39 is 11.9 Å². The van der Waals surface area contributed by atoms with Gasteiger partial charge in [0, 0.05) is 5.69 Å². The molecule has 6 heteroatoms. The average Bonchev–Trinajstić information content (AvgIpc) is 2.77. The number of carbonyl (C=O) groups excluding carboxylic acids is 2. The van der Waals surface area contributed by atoms with Crippen molar-refractivity contribution in [2.75, 3.05) is 14.2 Å². The van der Waals surface area contributed by atoms with Gasteiger partial charge >= 0.3 is 11.9 Å². The number of aryl methyl sites for hydroxylation is 1. The third-order valence-corrected chi connectivity index (χ3v) is 2.62. The molecule has 0 atom stereocenters. The van der Waals surface area contributed by atoms with Crippen LogP contribution < -0.4 is 0 Å². The maximum absolute atomic E-state index is 11.8. The Morgan fingerprint density at radius 2 is 1.83 bits per heavy atom. The van der Waals surface area contributed by atoms with Gasteiger partial charge in [0.2, 0.25) is 0 Å². The molecule has 2 aromatic heterocycles. The summed E-state index contributed by atoms with van der Waals surface area (Å²) in [5.41, 5.74) is 1.39. The highest BCUT2D eigenvalue weighted by atomic mass is 16.5. The van der Waals surface area contributed by atoms with Crippen LogP contribution in [0.3, 0.4) is 0 Å². The first kappa shape index (κ1) is 12.1. The summed E-state index contributed by atoms with van der Waals surface area (Å²) in [6, 6.07) is 5.29. The molecule has 0 saturated heterocycles. The van der Waals surface area contributed by atoms with Gasteiger partial charge in [-0.15, -0.1) is 0 Å². The van der Waals surface area contributed by atoms with E-state index in [4.69, 9.17) is 0 Å². The first-order chi connectivity index (χ1) is 8.60. The molecule has 0 N–H and O–H groups in total.